The van der Waals surface area contributed by atoms with E-state index in [4.69, 9.17) is 16.3 Å². The van der Waals surface area contributed by atoms with Crippen molar-refractivity contribution in [3.05, 3.63) is 71.8 Å². The van der Waals surface area contributed by atoms with Gasteiger partial charge in [-0.2, -0.15) is 0 Å². The molecule has 2 aromatic carbocycles. The van der Waals surface area contributed by atoms with Crippen LogP contribution in [0.15, 0.2) is 61.2 Å². The highest BCUT2D eigenvalue weighted by Gasteiger charge is 2.11. The molecule has 1 unspecified atom stereocenters. The lowest BCUT2D eigenvalue weighted by atomic mass is 10.2. The van der Waals surface area contributed by atoms with Crippen LogP contribution in [-0.2, 0) is 11.3 Å². The monoisotopic (exact) mass is 345 g/mol. The summed E-state index contributed by atoms with van der Waals surface area (Å²) in [6.45, 7) is 5.26. The van der Waals surface area contributed by atoms with Crippen LogP contribution in [0.25, 0.3) is 0 Å². The van der Waals surface area contributed by atoms with Crippen LogP contribution >= 0.6 is 11.6 Å². The summed E-state index contributed by atoms with van der Waals surface area (Å²) in [6, 6.07) is 15.0. The summed E-state index contributed by atoms with van der Waals surface area (Å²) < 4.78 is 5.46. The SMILES string of the molecule is C=CCOc1ccc(C[NH+](C)CC(=O)Nc2ccc(Cl)cc2)cc1. The fourth-order valence-corrected chi connectivity index (χ4v) is 2.41. The lowest BCUT2D eigenvalue weighted by molar-refractivity contribution is -0.885. The standard InChI is InChI=1S/C19H21ClN2O2/c1-3-12-24-18-10-4-15(5-11-18)13-22(2)14-19(23)21-17-8-6-16(20)7-9-17/h3-11H,1,12-14H2,2H3,(H,21,23)/p+1. The Hall–Kier alpha value is -2.30. The van der Waals surface area contributed by atoms with Crippen molar-refractivity contribution in [2.75, 3.05) is 25.5 Å². The first-order valence-electron chi connectivity index (χ1n) is 7.76. The third-order valence-corrected chi connectivity index (χ3v) is 3.64. The van der Waals surface area contributed by atoms with Crippen molar-refractivity contribution in [3.8, 4) is 5.75 Å². The first kappa shape index (κ1) is 18.0. The maximum atomic E-state index is 12.1. The molecule has 0 saturated heterocycles. The second-order valence-electron chi connectivity index (χ2n) is 5.61. The second kappa shape index (κ2) is 9.11. The number of hydrogen-bond donors (Lipinski definition) is 2. The molecule has 0 aliphatic heterocycles. The Morgan fingerprint density at radius 2 is 1.88 bits per heavy atom. The molecule has 2 aromatic rings. The number of anilines is 1. The minimum Gasteiger partial charge on any atom is -0.490 e. The predicted octanol–water partition coefficient (Wildman–Crippen LogP) is 2.56. The second-order valence-corrected chi connectivity index (χ2v) is 6.05. The number of ether oxygens (including phenoxy) is 1. The van der Waals surface area contributed by atoms with Gasteiger partial charge in [0.2, 0.25) is 0 Å². The van der Waals surface area contributed by atoms with Crippen LogP contribution in [-0.4, -0.2) is 26.1 Å². The van der Waals surface area contributed by atoms with E-state index in [1.165, 1.54) is 0 Å². The number of halogens is 1. The van der Waals surface area contributed by atoms with E-state index >= 15 is 0 Å². The van der Waals surface area contributed by atoms with Crippen LogP contribution in [0.4, 0.5) is 5.69 Å². The molecular weight excluding hydrogens is 324 g/mol. The molecular formula is C19H22ClN2O2+. The number of amides is 1. The molecule has 24 heavy (non-hydrogen) atoms. The Bertz CT molecular complexity index is 669. The predicted molar refractivity (Wildman–Crippen MR) is 97.7 cm³/mol. The Balaban J connectivity index is 1.81. The third-order valence-electron chi connectivity index (χ3n) is 3.39. The summed E-state index contributed by atoms with van der Waals surface area (Å²) in [6.07, 6.45) is 1.71. The van der Waals surface area contributed by atoms with E-state index in [0.717, 1.165) is 28.4 Å². The Morgan fingerprint density at radius 1 is 1.21 bits per heavy atom. The molecule has 0 bridgehead atoms. The number of hydrogen-bond acceptors (Lipinski definition) is 2. The number of carbonyl (C=O) groups excluding carboxylic acids is 1. The van der Waals surface area contributed by atoms with Gasteiger partial charge >= 0.3 is 0 Å². The molecule has 0 aliphatic rings. The number of likely N-dealkylation sites (N-methyl/N-ethyl adjacent to an activating group) is 1. The van der Waals surface area contributed by atoms with Crippen LogP contribution in [0, 0.1) is 0 Å². The van der Waals surface area contributed by atoms with Gasteiger partial charge < -0.3 is 15.0 Å². The summed E-state index contributed by atoms with van der Waals surface area (Å²) in [7, 11) is 1.99. The Morgan fingerprint density at radius 3 is 2.50 bits per heavy atom. The number of nitrogens with one attached hydrogen (secondary N) is 2. The lowest BCUT2D eigenvalue weighted by Gasteiger charge is -2.14. The van der Waals surface area contributed by atoms with E-state index in [9.17, 15) is 4.79 Å². The number of rotatable bonds is 8. The molecule has 0 aromatic heterocycles. The molecule has 126 valence electrons. The summed E-state index contributed by atoms with van der Waals surface area (Å²) in [5, 5.41) is 3.52. The molecule has 0 radical (unpaired) electrons. The summed E-state index contributed by atoms with van der Waals surface area (Å²) in [4.78, 5) is 13.2. The van der Waals surface area contributed by atoms with Gasteiger partial charge in [-0.15, -0.1) is 0 Å². The van der Waals surface area contributed by atoms with E-state index in [-0.39, 0.29) is 5.91 Å². The molecule has 2 rings (SSSR count). The fraction of sp³-hybridized carbons (Fsp3) is 0.211. The molecule has 4 nitrogen and oxygen atoms in total. The Labute approximate surface area is 147 Å². The van der Waals surface area contributed by atoms with E-state index in [0.29, 0.717) is 18.2 Å². The molecule has 0 fully saturated rings. The number of quaternary nitrogens is 1. The molecule has 5 heteroatoms. The van der Waals surface area contributed by atoms with Crippen molar-refractivity contribution < 1.29 is 14.4 Å². The molecule has 0 aliphatic carbocycles. The van der Waals surface area contributed by atoms with Crippen molar-refractivity contribution in [3.63, 3.8) is 0 Å². The van der Waals surface area contributed by atoms with Crippen molar-refractivity contribution in [1.82, 2.24) is 0 Å². The third kappa shape index (κ3) is 6.07. The van der Waals surface area contributed by atoms with Crippen LogP contribution < -0.4 is 15.0 Å². The van der Waals surface area contributed by atoms with Gasteiger partial charge in [-0.1, -0.05) is 24.3 Å². The van der Waals surface area contributed by atoms with Gasteiger partial charge in [-0.3, -0.25) is 4.79 Å². The van der Waals surface area contributed by atoms with Gasteiger partial charge in [0.05, 0.1) is 7.05 Å². The zero-order chi connectivity index (χ0) is 17.4. The van der Waals surface area contributed by atoms with E-state index in [1.807, 2.05) is 31.3 Å². The van der Waals surface area contributed by atoms with Crippen molar-refractivity contribution >= 4 is 23.2 Å². The maximum absolute atomic E-state index is 12.1. The quantitative estimate of drug-likeness (QED) is 0.722. The van der Waals surface area contributed by atoms with Gasteiger partial charge in [0, 0.05) is 16.3 Å². The molecule has 1 amide bonds. The first-order valence-corrected chi connectivity index (χ1v) is 8.14. The minimum absolute atomic E-state index is 0.0271. The molecule has 1 atom stereocenters. The van der Waals surface area contributed by atoms with E-state index in [2.05, 4.69) is 11.9 Å². The summed E-state index contributed by atoms with van der Waals surface area (Å²) >= 11 is 5.83. The fourth-order valence-electron chi connectivity index (χ4n) is 2.28. The normalized spacial score (nSPS) is 11.6. The van der Waals surface area contributed by atoms with Crippen molar-refractivity contribution in [1.29, 1.82) is 0 Å². The number of benzene rings is 2. The maximum Gasteiger partial charge on any atom is 0.279 e. The highest BCUT2D eigenvalue weighted by molar-refractivity contribution is 6.30. The van der Waals surface area contributed by atoms with Gasteiger partial charge in [-0.05, 0) is 48.5 Å². The summed E-state index contributed by atoms with van der Waals surface area (Å²) in [5.41, 5.74) is 1.90. The van der Waals surface area contributed by atoms with Gasteiger partial charge in [0.1, 0.15) is 18.9 Å². The average molecular weight is 346 g/mol. The molecule has 0 spiro atoms. The molecule has 0 saturated carbocycles. The van der Waals surface area contributed by atoms with Crippen LogP contribution in [0.3, 0.4) is 0 Å². The number of carbonyl (C=O) groups is 1. The van der Waals surface area contributed by atoms with Gasteiger partial charge in [-0.25, -0.2) is 0 Å². The van der Waals surface area contributed by atoms with Crippen LogP contribution in [0.2, 0.25) is 5.02 Å². The molecule has 2 N–H and O–H groups in total. The molecule has 0 heterocycles. The van der Waals surface area contributed by atoms with E-state index in [1.54, 1.807) is 30.3 Å². The topological polar surface area (TPSA) is 42.8 Å². The lowest BCUT2D eigenvalue weighted by Crippen LogP contribution is -3.08. The zero-order valence-electron chi connectivity index (χ0n) is 13.7. The highest BCUT2D eigenvalue weighted by atomic mass is 35.5. The van der Waals surface area contributed by atoms with Crippen molar-refractivity contribution in [2.24, 2.45) is 0 Å². The average Bonchev–Trinajstić information content (AvgIpc) is 2.56. The first-order chi connectivity index (χ1) is 11.6. The van der Waals surface area contributed by atoms with Gasteiger partial charge in [0.15, 0.2) is 6.54 Å². The zero-order valence-corrected chi connectivity index (χ0v) is 14.5. The largest absolute Gasteiger partial charge is 0.490 e. The smallest absolute Gasteiger partial charge is 0.279 e. The van der Waals surface area contributed by atoms with Gasteiger partial charge in [0.25, 0.3) is 5.91 Å². The van der Waals surface area contributed by atoms with Crippen LogP contribution in [0.1, 0.15) is 5.56 Å². The van der Waals surface area contributed by atoms with Crippen LogP contribution in [0.5, 0.6) is 5.75 Å². The van der Waals surface area contributed by atoms with E-state index < -0.39 is 0 Å². The van der Waals surface area contributed by atoms with Crippen molar-refractivity contribution in [2.45, 2.75) is 6.54 Å². The highest BCUT2D eigenvalue weighted by Crippen LogP contribution is 2.13. The summed E-state index contributed by atoms with van der Waals surface area (Å²) in [5.74, 6) is 0.789. The minimum atomic E-state index is -0.0271. The Kier molecular flexibility index (Phi) is 6.85.